The van der Waals surface area contributed by atoms with E-state index in [4.69, 9.17) is 10.6 Å². The van der Waals surface area contributed by atoms with Gasteiger partial charge in [0.15, 0.2) is 0 Å². The molecule has 2 rings (SSSR count). The molecule has 0 atom stereocenters. The van der Waals surface area contributed by atoms with Crippen LogP contribution in [0.2, 0.25) is 0 Å². The predicted molar refractivity (Wildman–Crippen MR) is 85.9 cm³/mol. The molecule has 110 valence electrons. The lowest BCUT2D eigenvalue weighted by Gasteiger charge is -2.19. The second-order valence-corrected chi connectivity index (χ2v) is 5.74. The molecule has 20 heavy (non-hydrogen) atoms. The van der Waals surface area contributed by atoms with Gasteiger partial charge in [0, 0.05) is 5.69 Å². The Hall–Kier alpha value is -1.27. The molecule has 0 spiro atoms. The van der Waals surface area contributed by atoms with Gasteiger partial charge in [-0.15, -0.1) is 0 Å². The van der Waals surface area contributed by atoms with Crippen molar-refractivity contribution >= 4 is 27.6 Å². The highest BCUT2D eigenvalue weighted by atomic mass is 79.9. The van der Waals surface area contributed by atoms with Crippen molar-refractivity contribution in [3.8, 4) is 5.75 Å². The SMILES string of the molecule is COc1ccc(NC(=NC2CCCCC2)NN)cc1Br. The van der Waals surface area contributed by atoms with E-state index < -0.39 is 0 Å². The zero-order valence-electron chi connectivity index (χ0n) is 11.7. The number of halogens is 1. The number of ether oxygens (including phenoxy) is 1. The van der Waals surface area contributed by atoms with Crippen molar-refractivity contribution < 1.29 is 4.74 Å². The summed E-state index contributed by atoms with van der Waals surface area (Å²) in [6.07, 6.45) is 6.09. The molecule has 5 nitrogen and oxygen atoms in total. The molecule has 0 radical (unpaired) electrons. The molecule has 1 saturated carbocycles. The molecule has 0 bridgehead atoms. The van der Waals surface area contributed by atoms with Crippen LogP contribution in [-0.4, -0.2) is 19.1 Å². The van der Waals surface area contributed by atoms with Gasteiger partial charge in [-0.1, -0.05) is 19.3 Å². The van der Waals surface area contributed by atoms with Gasteiger partial charge in [0.25, 0.3) is 0 Å². The lowest BCUT2D eigenvalue weighted by atomic mass is 9.96. The van der Waals surface area contributed by atoms with Crippen molar-refractivity contribution in [2.75, 3.05) is 12.4 Å². The van der Waals surface area contributed by atoms with Gasteiger partial charge in [0.1, 0.15) is 5.75 Å². The van der Waals surface area contributed by atoms with E-state index in [0.29, 0.717) is 12.0 Å². The lowest BCUT2D eigenvalue weighted by molar-refractivity contribution is 0.412. The summed E-state index contributed by atoms with van der Waals surface area (Å²) in [7, 11) is 1.64. The Morgan fingerprint density at radius 1 is 1.35 bits per heavy atom. The number of hydrazine groups is 1. The molecule has 1 aromatic carbocycles. The monoisotopic (exact) mass is 340 g/mol. The Kier molecular flexibility index (Phi) is 5.67. The Balaban J connectivity index is 2.05. The van der Waals surface area contributed by atoms with Crippen molar-refractivity contribution in [3.05, 3.63) is 22.7 Å². The van der Waals surface area contributed by atoms with E-state index >= 15 is 0 Å². The van der Waals surface area contributed by atoms with Crippen molar-refractivity contribution in [3.63, 3.8) is 0 Å². The first kappa shape index (κ1) is 15.1. The van der Waals surface area contributed by atoms with Crippen molar-refractivity contribution in [1.29, 1.82) is 0 Å². The van der Waals surface area contributed by atoms with E-state index in [9.17, 15) is 0 Å². The van der Waals surface area contributed by atoms with Crippen LogP contribution < -0.4 is 21.3 Å². The van der Waals surface area contributed by atoms with E-state index in [2.05, 4.69) is 31.7 Å². The molecule has 1 aliphatic rings. The molecule has 0 aliphatic heterocycles. The highest BCUT2D eigenvalue weighted by Gasteiger charge is 2.13. The number of methoxy groups -OCH3 is 1. The highest BCUT2D eigenvalue weighted by Crippen LogP contribution is 2.27. The number of nitrogens with zero attached hydrogens (tertiary/aromatic N) is 1. The van der Waals surface area contributed by atoms with Gasteiger partial charge < -0.3 is 10.1 Å². The molecule has 1 fully saturated rings. The van der Waals surface area contributed by atoms with Gasteiger partial charge in [-0.25, -0.2) is 10.8 Å². The lowest BCUT2D eigenvalue weighted by Crippen LogP contribution is -2.37. The number of aliphatic imine (C=N–C) groups is 1. The summed E-state index contributed by atoms with van der Waals surface area (Å²) in [5, 5.41) is 3.20. The maximum absolute atomic E-state index is 5.55. The fraction of sp³-hybridized carbons (Fsp3) is 0.500. The molecular weight excluding hydrogens is 320 g/mol. The van der Waals surface area contributed by atoms with Gasteiger partial charge in [-0.3, -0.25) is 5.43 Å². The smallest absolute Gasteiger partial charge is 0.210 e. The fourth-order valence-corrected chi connectivity index (χ4v) is 2.92. The average Bonchev–Trinajstić information content (AvgIpc) is 2.48. The quantitative estimate of drug-likeness (QED) is 0.342. The van der Waals surface area contributed by atoms with Crippen LogP contribution in [0.3, 0.4) is 0 Å². The fourth-order valence-electron chi connectivity index (χ4n) is 2.38. The summed E-state index contributed by atoms with van der Waals surface area (Å²) in [6, 6.07) is 6.12. The molecule has 0 aromatic heterocycles. The summed E-state index contributed by atoms with van der Waals surface area (Å²) >= 11 is 3.46. The van der Waals surface area contributed by atoms with Crippen LogP contribution in [0.25, 0.3) is 0 Å². The molecule has 1 aliphatic carbocycles. The Morgan fingerprint density at radius 3 is 2.70 bits per heavy atom. The Labute approximate surface area is 128 Å². The first-order chi connectivity index (χ1) is 9.72. The van der Waals surface area contributed by atoms with Crippen LogP contribution in [0.5, 0.6) is 5.75 Å². The number of hydrogen-bond donors (Lipinski definition) is 3. The van der Waals surface area contributed by atoms with E-state index in [0.717, 1.165) is 28.8 Å². The van der Waals surface area contributed by atoms with Crippen molar-refractivity contribution in [1.82, 2.24) is 5.43 Å². The third-order valence-electron chi connectivity index (χ3n) is 3.44. The van der Waals surface area contributed by atoms with Crippen LogP contribution in [0.4, 0.5) is 5.69 Å². The zero-order chi connectivity index (χ0) is 14.4. The maximum Gasteiger partial charge on any atom is 0.210 e. The molecule has 0 heterocycles. The summed E-state index contributed by atoms with van der Waals surface area (Å²) in [5.74, 6) is 6.95. The zero-order valence-corrected chi connectivity index (χ0v) is 13.2. The number of nitrogens with one attached hydrogen (secondary N) is 2. The van der Waals surface area contributed by atoms with Gasteiger partial charge in [0.05, 0.1) is 17.6 Å². The van der Waals surface area contributed by atoms with Gasteiger partial charge in [-0.05, 0) is 47.0 Å². The summed E-state index contributed by atoms with van der Waals surface area (Å²) in [5.41, 5.74) is 3.55. The van der Waals surface area contributed by atoms with E-state index in [-0.39, 0.29) is 0 Å². The summed E-state index contributed by atoms with van der Waals surface area (Å²) in [6.45, 7) is 0. The number of guanidine groups is 1. The van der Waals surface area contributed by atoms with Gasteiger partial charge in [0.2, 0.25) is 5.96 Å². The normalized spacial score (nSPS) is 16.9. The number of anilines is 1. The molecule has 6 heteroatoms. The van der Waals surface area contributed by atoms with Gasteiger partial charge in [-0.2, -0.15) is 0 Å². The summed E-state index contributed by atoms with van der Waals surface area (Å²) < 4.78 is 6.10. The van der Waals surface area contributed by atoms with Crippen LogP contribution in [-0.2, 0) is 0 Å². The molecule has 0 saturated heterocycles. The minimum atomic E-state index is 0.365. The first-order valence-corrected chi connectivity index (χ1v) is 7.67. The minimum Gasteiger partial charge on any atom is -0.496 e. The highest BCUT2D eigenvalue weighted by molar-refractivity contribution is 9.10. The van der Waals surface area contributed by atoms with E-state index in [1.54, 1.807) is 7.11 Å². The van der Waals surface area contributed by atoms with E-state index in [1.165, 1.54) is 19.3 Å². The average molecular weight is 341 g/mol. The molecule has 4 N–H and O–H groups in total. The molecule has 0 unspecified atom stereocenters. The summed E-state index contributed by atoms with van der Waals surface area (Å²) in [4.78, 5) is 4.64. The second kappa shape index (κ2) is 7.50. The number of benzene rings is 1. The third kappa shape index (κ3) is 4.11. The first-order valence-electron chi connectivity index (χ1n) is 6.88. The molecular formula is C14H21BrN4O. The Morgan fingerprint density at radius 2 is 2.10 bits per heavy atom. The number of nitrogens with two attached hydrogens (primary N) is 1. The predicted octanol–water partition coefficient (Wildman–Crippen LogP) is 3.02. The number of hydrogen-bond acceptors (Lipinski definition) is 3. The Bertz CT molecular complexity index is 472. The standard InChI is InChI=1S/C14H21BrN4O/c1-20-13-8-7-11(9-12(13)15)18-14(19-16)17-10-5-3-2-4-6-10/h7-10H,2-6,16H2,1H3,(H2,17,18,19). The minimum absolute atomic E-state index is 0.365. The van der Waals surface area contributed by atoms with Crippen LogP contribution in [0.15, 0.2) is 27.7 Å². The maximum atomic E-state index is 5.55. The van der Waals surface area contributed by atoms with Gasteiger partial charge >= 0.3 is 0 Å². The molecule has 1 aromatic rings. The van der Waals surface area contributed by atoms with Crippen molar-refractivity contribution in [2.45, 2.75) is 38.1 Å². The largest absolute Gasteiger partial charge is 0.496 e. The second-order valence-electron chi connectivity index (χ2n) is 4.89. The van der Waals surface area contributed by atoms with E-state index in [1.807, 2.05) is 18.2 Å². The third-order valence-corrected chi connectivity index (χ3v) is 4.06. The molecule has 0 amide bonds. The topological polar surface area (TPSA) is 71.7 Å². The number of rotatable bonds is 3. The van der Waals surface area contributed by atoms with Crippen LogP contribution in [0, 0.1) is 0 Å². The van der Waals surface area contributed by atoms with Crippen LogP contribution in [0.1, 0.15) is 32.1 Å². The van der Waals surface area contributed by atoms with Crippen LogP contribution >= 0.6 is 15.9 Å². The van der Waals surface area contributed by atoms with Crippen molar-refractivity contribution in [2.24, 2.45) is 10.8 Å².